The van der Waals surface area contributed by atoms with Gasteiger partial charge in [-0.1, -0.05) is 77.5 Å². The van der Waals surface area contributed by atoms with Crippen LogP contribution in [0.4, 0.5) is 0 Å². The predicted octanol–water partition coefficient (Wildman–Crippen LogP) is 5.27. The molecule has 0 aromatic carbocycles. The summed E-state index contributed by atoms with van der Waals surface area (Å²) in [5.74, 6) is 0. The van der Waals surface area contributed by atoms with Crippen molar-refractivity contribution in [1.82, 2.24) is 0 Å². The molecule has 0 amide bonds. The first-order valence-electron chi connectivity index (χ1n) is 7.20. The zero-order valence-corrected chi connectivity index (χ0v) is 11.6. The van der Waals surface area contributed by atoms with Gasteiger partial charge in [0.1, 0.15) is 0 Å². The van der Waals surface area contributed by atoms with Crippen LogP contribution in [-0.4, -0.2) is 7.85 Å². The van der Waals surface area contributed by atoms with Gasteiger partial charge in [-0.3, -0.25) is 0 Å². The van der Waals surface area contributed by atoms with Gasteiger partial charge in [-0.05, 0) is 18.3 Å². The molecule has 0 nitrogen and oxygen atoms in total. The molecule has 1 atom stereocenters. The van der Waals surface area contributed by atoms with Gasteiger partial charge in [0.25, 0.3) is 0 Å². The Bertz CT molecular complexity index is 174. The van der Waals surface area contributed by atoms with Gasteiger partial charge in [-0.2, -0.15) is 0 Å². The molecular weight excluding hydrogens is 191 g/mol. The van der Waals surface area contributed by atoms with Gasteiger partial charge in [-0.25, -0.2) is 0 Å². The Morgan fingerprint density at radius 3 is 1.75 bits per heavy atom. The summed E-state index contributed by atoms with van der Waals surface area (Å²) in [5.41, 5.74) is 0.537. The van der Waals surface area contributed by atoms with E-state index >= 15 is 0 Å². The Labute approximate surface area is 104 Å². The minimum Gasteiger partial charge on any atom is -0.0688 e. The lowest BCUT2D eigenvalue weighted by molar-refractivity contribution is 0.271. The molecule has 0 bridgehead atoms. The van der Waals surface area contributed by atoms with Gasteiger partial charge in [0.2, 0.25) is 0 Å². The maximum Gasteiger partial charge on any atom is 0.0742 e. The van der Waals surface area contributed by atoms with Crippen LogP contribution < -0.4 is 0 Å². The van der Waals surface area contributed by atoms with E-state index in [4.69, 9.17) is 7.85 Å². The normalized spacial score (nSPS) is 33.7. The van der Waals surface area contributed by atoms with E-state index in [1.807, 2.05) is 0 Å². The summed E-state index contributed by atoms with van der Waals surface area (Å²) in [6.07, 6.45) is 13.4. The molecule has 16 heavy (non-hydrogen) atoms. The molecule has 0 aromatic heterocycles. The van der Waals surface area contributed by atoms with Crippen LogP contribution in [0.1, 0.15) is 85.0 Å². The highest BCUT2D eigenvalue weighted by Crippen LogP contribution is 2.38. The SMILES string of the molecule is [B]C1(C)CCCCCCCC(C)(C)CCC1. The molecule has 0 saturated heterocycles. The zero-order chi connectivity index (χ0) is 12.1. The van der Waals surface area contributed by atoms with Crippen LogP contribution >= 0.6 is 0 Å². The van der Waals surface area contributed by atoms with Gasteiger partial charge in [0.15, 0.2) is 0 Å². The van der Waals surface area contributed by atoms with Gasteiger partial charge >= 0.3 is 0 Å². The first kappa shape index (κ1) is 14.1. The molecule has 2 radical (unpaired) electrons. The Hall–Kier alpha value is 0.0649. The molecule has 1 saturated carbocycles. The zero-order valence-electron chi connectivity index (χ0n) is 11.6. The molecule has 0 N–H and O–H groups in total. The van der Waals surface area contributed by atoms with Crippen molar-refractivity contribution in [2.45, 2.75) is 90.3 Å². The van der Waals surface area contributed by atoms with Crippen molar-refractivity contribution in [2.24, 2.45) is 5.41 Å². The maximum atomic E-state index is 6.35. The summed E-state index contributed by atoms with van der Waals surface area (Å²) in [4.78, 5) is 0. The fourth-order valence-corrected chi connectivity index (χ4v) is 2.88. The monoisotopic (exact) mass is 220 g/mol. The third kappa shape index (κ3) is 5.96. The number of hydrogen-bond acceptors (Lipinski definition) is 0. The average molecular weight is 220 g/mol. The Kier molecular flexibility index (Phi) is 5.40. The average Bonchev–Trinajstić information content (AvgIpc) is 2.13. The second-order valence-corrected chi connectivity index (χ2v) is 6.94. The first-order chi connectivity index (χ1) is 7.41. The highest BCUT2D eigenvalue weighted by Gasteiger charge is 2.21. The van der Waals surface area contributed by atoms with E-state index in [1.54, 1.807) is 0 Å². The molecule has 0 aromatic rings. The first-order valence-corrected chi connectivity index (χ1v) is 7.20. The smallest absolute Gasteiger partial charge is 0.0688 e. The van der Waals surface area contributed by atoms with E-state index < -0.39 is 0 Å². The Morgan fingerprint density at radius 2 is 1.06 bits per heavy atom. The van der Waals surface area contributed by atoms with Gasteiger partial charge in [0.05, 0.1) is 7.85 Å². The molecule has 0 heterocycles. The van der Waals surface area contributed by atoms with Crippen LogP contribution in [0, 0.1) is 5.41 Å². The lowest BCUT2D eigenvalue weighted by Gasteiger charge is -2.30. The van der Waals surface area contributed by atoms with E-state index in [2.05, 4.69) is 20.8 Å². The van der Waals surface area contributed by atoms with Gasteiger partial charge in [-0.15, -0.1) is 0 Å². The van der Waals surface area contributed by atoms with Crippen LogP contribution in [0.2, 0.25) is 5.31 Å². The molecule has 0 spiro atoms. The van der Waals surface area contributed by atoms with E-state index in [0.29, 0.717) is 5.41 Å². The minimum atomic E-state index is 0.0925. The van der Waals surface area contributed by atoms with Crippen molar-refractivity contribution in [3.63, 3.8) is 0 Å². The minimum absolute atomic E-state index is 0.0925. The van der Waals surface area contributed by atoms with Crippen molar-refractivity contribution in [3.8, 4) is 0 Å². The second kappa shape index (κ2) is 6.12. The van der Waals surface area contributed by atoms with E-state index in [9.17, 15) is 0 Å². The van der Waals surface area contributed by atoms with Crippen LogP contribution in [0.3, 0.4) is 0 Å². The summed E-state index contributed by atoms with van der Waals surface area (Å²) >= 11 is 0. The second-order valence-electron chi connectivity index (χ2n) is 6.94. The third-order valence-electron chi connectivity index (χ3n) is 4.20. The van der Waals surface area contributed by atoms with E-state index in [1.165, 1.54) is 64.2 Å². The van der Waals surface area contributed by atoms with Crippen molar-refractivity contribution < 1.29 is 0 Å². The molecule has 92 valence electrons. The fraction of sp³-hybridized carbons (Fsp3) is 1.00. The lowest BCUT2D eigenvalue weighted by atomic mass is 9.63. The molecule has 0 aliphatic heterocycles. The molecule has 1 heteroatoms. The topological polar surface area (TPSA) is 0 Å². The standard InChI is InChI=1S/C15H29B/c1-14(2)10-7-5-4-6-8-12-15(3,16)13-9-11-14/h4-13H2,1-3H3. The highest BCUT2D eigenvalue weighted by molar-refractivity contribution is 6.14. The van der Waals surface area contributed by atoms with E-state index in [-0.39, 0.29) is 5.31 Å². The van der Waals surface area contributed by atoms with Crippen molar-refractivity contribution in [1.29, 1.82) is 0 Å². The quantitative estimate of drug-likeness (QED) is 0.487. The fourth-order valence-electron chi connectivity index (χ4n) is 2.88. The predicted molar refractivity (Wildman–Crippen MR) is 74.1 cm³/mol. The molecule has 1 unspecified atom stereocenters. The lowest BCUT2D eigenvalue weighted by Crippen LogP contribution is -2.14. The maximum absolute atomic E-state index is 6.35. The summed E-state index contributed by atoms with van der Waals surface area (Å²) in [7, 11) is 6.35. The summed E-state index contributed by atoms with van der Waals surface area (Å²) in [6, 6.07) is 0. The van der Waals surface area contributed by atoms with Crippen molar-refractivity contribution in [3.05, 3.63) is 0 Å². The molecule has 1 aliphatic carbocycles. The van der Waals surface area contributed by atoms with Crippen LogP contribution in [-0.2, 0) is 0 Å². The summed E-state index contributed by atoms with van der Waals surface area (Å²) in [6.45, 7) is 7.09. The molecule has 1 aliphatic rings. The number of hydrogen-bond donors (Lipinski definition) is 0. The van der Waals surface area contributed by atoms with Crippen LogP contribution in [0.25, 0.3) is 0 Å². The molecule has 1 rings (SSSR count). The van der Waals surface area contributed by atoms with E-state index in [0.717, 1.165) is 0 Å². The summed E-state index contributed by atoms with van der Waals surface area (Å²) in [5, 5.41) is 0.0925. The highest BCUT2D eigenvalue weighted by atomic mass is 14.3. The van der Waals surface area contributed by atoms with Crippen molar-refractivity contribution >= 4 is 7.85 Å². The third-order valence-corrected chi connectivity index (χ3v) is 4.20. The summed E-state index contributed by atoms with van der Waals surface area (Å²) < 4.78 is 0. The largest absolute Gasteiger partial charge is 0.0742 e. The van der Waals surface area contributed by atoms with Crippen LogP contribution in [0.15, 0.2) is 0 Å². The Balaban J connectivity index is 2.44. The molecular formula is C15H29B. The number of rotatable bonds is 0. The van der Waals surface area contributed by atoms with Gasteiger partial charge < -0.3 is 0 Å². The Morgan fingerprint density at radius 1 is 0.625 bits per heavy atom. The van der Waals surface area contributed by atoms with Crippen LogP contribution in [0.5, 0.6) is 0 Å². The molecule has 1 fully saturated rings. The van der Waals surface area contributed by atoms with Gasteiger partial charge in [0, 0.05) is 0 Å². The van der Waals surface area contributed by atoms with Crippen molar-refractivity contribution in [2.75, 3.05) is 0 Å².